The maximum Gasteiger partial charge on any atom is 0.279 e. The van der Waals surface area contributed by atoms with Gasteiger partial charge in [-0.2, -0.15) is 10.3 Å². The number of halogens is 2. The molecule has 1 heterocycles. The molecular weight excluding hydrogens is 393 g/mol. The number of nitrogens with zero attached hydrogens (tertiary/aromatic N) is 3. The maximum atomic E-state index is 12.5. The molecule has 0 aliphatic carbocycles. The second kappa shape index (κ2) is 8.02. The first kappa shape index (κ1) is 18.6. The lowest BCUT2D eigenvalue weighted by Gasteiger charge is -2.06. The van der Waals surface area contributed by atoms with Crippen molar-refractivity contribution in [1.29, 1.82) is 5.26 Å². The number of carbonyl (C=O) groups excluding carboxylic acids is 1. The predicted octanol–water partition coefficient (Wildman–Crippen LogP) is 4.27. The maximum absolute atomic E-state index is 12.5. The lowest BCUT2D eigenvalue weighted by molar-refractivity contribution is 0.0997. The van der Waals surface area contributed by atoms with Crippen molar-refractivity contribution in [2.45, 2.75) is 6.54 Å². The Hall–Kier alpha value is -2.17. The van der Waals surface area contributed by atoms with E-state index in [2.05, 4.69) is 4.99 Å². The average molecular weight is 406 g/mol. The van der Waals surface area contributed by atoms with Crippen LogP contribution in [-0.4, -0.2) is 24.2 Å². The van der Waals surface area contributed by atoms with E-state index in [9.17, 15) is 4.79 Å². The van der Waals surface area contributed by atoms with E-state index in [1.165, 1.54) is 11.3 Å². The molecule has 1 amide bonds. The Morgan fingerprint density at radius 1 is 1.27 bits per heavy atom. The minimum absolute atomic E-state index is 0.394. The van der Waals surface area contributed by atoms with Crippen LogP contribution in [0, 0.1) is 11.3 Å². The molecule has 0 spiro atoms. The molecule has 3 rings (SSSR count). The minimum Gasteiger partial charge on any atom is -0.383 e. The van der Waals surface area contributed by atoms with Crippen molar-refractivity contribution in [2.75, 3.05) is 13.7 Å². The predicted molar refractivity (Wildman–Crippen MR) is 103 cm³/mol. The normalized spacial score (nSPS) is 11.7. The van der Waals surface area contributed by atoms with Crippen LogP contribution in [0.5, 0.6) is 0 Å². The molecule has 0 saturated carbocycles. The third-order valence-electron chi connectivity index (χ3n) is 3.71. The van der Waals surface area contributed by atoms with Crippen LogP contribution in [0.2, 0.25) is 10.0 Å². The van der Waals surface area contributed by atoms with Crippen molar-refractivity contribution in [3.63, 3.8) is 0 Å². The summed E-state index contributed by atoms with van der Waals surface area (Å²) in [7, 11) is 1.60. The molecule has 8 heteroatoms. The Labute approximate surface area is 163 Å². The van der Waals surface area contributed by atoms with Gasteiger partial charge in [-0.3, -0.25) is 4.79 Å². The van der Waals surface area contributed by atoms with Gasteiger partial charge in [0, 0.05) is 19.2 Å². The number of nitriles is 1. The van der Waals surface area contributed by atoms with E-state index in [1.807, 2.05) is 16.7 Å². The van der Waals surface area contributed by atoms with Crippen LogP contribution in [-0.2, 0) is 11.3 Å². The van der Waals surface area contributed by atoms with Crippen molar-refractivity contribution >= 4 is 50.7 Å². The first-order chi connectivity index (χ1) is 12.5. The summed E-state index contributed by atoms with van der Waals surface area (Å²) in [6.45, 7) is 0.920. The van der Waals surface area contributed by atoms with Crippen LogP contribution in [0.1, 0.15) is 15.9 Å². The topological polar surface area (TPSA) is 67.4 Å². The summed E-state index contributed by atoms with van der Waals surface area (Å²) < 4.78 is 7.86. The second-order valence-corrected chi connectivity index (χ2v) is 7.14. The number of methoxy groups -OCH3 is 1. The highest BCUT2D eigenvalue weighted by atomic mass is 35.5. The van der Waals surface area contributed by atoms with Gasteiger partial charge in [-0.15, -0.1) is 0 Å². The number of hydrogen-bond acceptors (Lipinski definition) is 4. The summed E-state index contributed by atoms with van der Waals surface area (Å²) in [6.07, 6.45) is 0. The molecule has 26 heavy (non-hydrogen) atoms. The van der Waals surface area contributed by atoms with Gasteiger partial charge in [-0.25, -0.2) is 0 Å². The first-order valence-corrected chi connectivity index (χ1v) is 9.18. The van der Waals surface area contributed by atoms with Crippen LogP contribution < -0.4 is 4.80 Å². The quantitative estimate of drug-likeness (QED) is 0.650. The highest BCUT2D eigenvalue weighted by Gasteiger charge is 2.14. The second-order valence-electron chi connectivity index (χ2n) is 5.34. The number of aromatic nitrogens is 1. The SMILES string of the molecule is COCCn1c(=NC(=O)c2ccc(C#N)cc2)sc2ccc(Cl)c(Cl)c21. The van der Waals surface area contributed by atoms with E-state index in [0.29, 0.717) is 39.1 Å². The smallest absolute Gasteiger partial charge is 0.279 e. The van der Waals surface area contributed by atoms with E-state index < -0.39 is 5.91 Å². The molecule has 0 saturated heterocycles. The van der Waals surface area contributed by atoms with Crippen LogP contribution in [0.3, 0.4) is 0 Å². The average Bonchev–Trinajstić information content (AvgIpc) is 3.00. The third kappa shape index (κ3) is 3.67. The Morgan fingerprint density at radius 3 is 2.65 bits per heavy atom. The van der Waals surface area contributed by atoms with E-state index in [1.54, 1.807) is 37.4 Å². The number of thiazole rings is 1. The van der Waals surface area contributed by atoms with Gasteiger partial charge in [0.2, 0.25) is 0 Å². The van der Waals surface area contributed by atoms with E-state index in [-0.39, 0.29) is 0 Å². The zero-order chi connectivity index (χ0) is 18.7. The lowest BCUT2D eigenvalue weighted by atomic mass is 10.1. The summed E-state index contributed by atoms with van der Waals surface area (Å²) in [6, 6.07) is 11.9. The number of benzene rings is 2. The fourth-order valence-corrected chi connectivity index (χ4v) is 3.96. The molecule has 0 aliphatic rings. The molecule has 0 bridgehead atoms. The summed E-state index contributed by atoms with van der Waals surface area (Å²) >= 11 is 13.9. The summed E-state index contributed by atoms with van der Waals surface area (Å²) in [5.74, 6) is -0.394. The molecule has 3 aromatic rings. The van der Waals surface area contributed by atoms with Gasteiger partial charge < -0.3 is 9.30 Å². The van der Waals surface area contributed by atoms with Crippen molar-refractivity contribution in [2.24, 2.45) is 4.99 Å². The molecule has 0 atom stereocenters. The molecule has 0 unspecified atom stereocenters. The standard InChI is InChI=1S/C18H13Cl2N3O2S/c1-25-9-8-23-16-14(7-6-13(19)15(16)20)26-18(23)22-17(24)12-4-2-11(10-21)3-5-12/h2-7H,8-9H2,1H3. The molecule has 0 N–H and O–H groups in total. The van der Waals surface area contributed by atoms with E-state index in [4.69, 9.17) is 33.2 Å². The highest BCUT2D eigenvalue weighted by molar-refractivity contribution is 7.16. The number of ether oxygens (including phenoxy) is 1. The summed E-state index contributed by atoms with van der Waals surface area (Å²) in [5.41, 5.74) is 1.62. The Balaban J connectivity index is 2.13. The van der Waals surface area contributed by atoms with Crippen LogP contribution in [0.4, 0.5) is 0 Å². The largest absolute Gasteiger partial charge is 0.383 e. The van der Waals surface area contributed by atoms with E-state index in [0.717, 1.165) is 10.2 Å². The molecular formula is C18H13Cl2N3O2S. The lowest BCUT2D eigenvalue weighted by Crippen LogP contribution is -2.19. The van der Waals surface area contributed by atoms with Crippen LogP contribution >= 0.6 is 34.5 Å². The fourth-order valence-electron chi connectivity index (χ4n) is 2.42. The number of hydrogen-bond donors (Lipinski definition) is 0. The third-order valence-corrected chi connectivity index (χ3v) is 5.55. The van der Waals surface area contributed by atoms with Gasteiger partial charge in [0.1, 0.15) is 0 Å². The summed E-state index contributed by atoms with van der Waals surface area (Å²) in [5, 5.41) is 9.71. The number of fused-ring (bicyclic) bond motifs is 1. The molecule has 2 aromatic carbocycles. The highest BCUT2D eigenvalue weighted by Crippen LogP contribution is 2.32. The zero-order valence-electron chi connectivity index (χ0n) is 13.7. The van der Waals surface area contributed by atoms with Gasteiger partial charge in [0.25, 0.3) is 5.91 Å². The number of amides is 1. The van der Waals surface area contributed by atoms with Gasteiger partial charge in [-0.05, 0) is 36.4 Å². The van der Waals surface area contributed by atoms with Gasteiger partial charge in [0.15, 0.2) is 4.80 Å². The molecule has 0 radical (unpaired) electrons. The Morgan fingerprint density at radius 2 is 2.00 bits per heavy atom. The fraction of sp³-hybridized carbons (Fsp3) is 0.167. The number of carbonyl (C=O) groups is 1. The van der Waals surface area contributed by atoms with Crippen molar-refractivity contribution in [1.82, 2.24) is 4.57 Å². The molecule has 5 nitrogen and oxygen atoms in total. The Kier molecular flexibility index (Phi) is 5.74. The van der Waals surface area contributed by atoms with E-state index >= 15 is 0 Å². The van der Waals surface area contributed by atoms with Gasteiger partial charge in [-0.1, -0.05) is 34.5 Å². The van der Waals surface area contributed by atoms with Crippen molar-refractivity contribution in [3.8, 4) is 6.07 Å². The first-order valence-electron chi connectivity index (χ1n) is 7.60. The molecule has 0 fully saturated rings. The van der Waals surface area contributed by atoms with Crippen molar-refractivity contribution < 1.29 is 9.53 Å². The molecule has 132 valence electrons. The van der Waals surface area contributed by atoms with Gasteiger partial charge >= 0.3 is 0 Å². The van der Waals surface area contributed by atoms with Crippen LogP contribution in [0.25, 0.3) is 10.2 Å². The summed E-state index contributed by atoms with van der Waals surface area (Å²) in [4.78, 5) is 17.3. The van der Waals surface area contributed by atoms with Crippen LogP contribution in [0.15, 0.2) is 41.4 Å². The van der Waals surface area contributed by atoms with Crippen molar-refractivity contribution in [3.05, 3.63) is 62.4 Å². The minimum atomic E-state index is -0.394. The van der Waals surface area contributed by atoms with Gasteiger partial charge in [0.05, 0.1) is 38.5 Å². The molecule has 1 aromatic heterocycles. The number of rotatable bonds is 4. The zero-order valence-corrected chi connectivity index (χ0v) is 16.0. The Bertz CT molecular complexity index is 1080. The monoisotopic (exact) mass is 405 g/mol. The molecule has 0 aliphatic heterocycles.